The molecule has 0 aromatic heterocycles. The Bertz CT molecular complexity index is 967. The van der Waals surface area contributed by atoms with Gasteiger partial charge in [-0.1, -0.05) is 31.9 Å². The molecule has 4 N–H and O–H groups in total. The number of rotatable bonds is 6. The number of carbonyl (C=O) groups is 4. The van der Waals surface area contributed by atoms with Crippen molar-refractivity contribution in [3.8, 4) is 0 Å². The number of carbonyl (C=O) groups excluding carboxylic acids is 4. The summed E-state index contributed by atoms with van der Waals surface area (Å²) in [6.45, 7) is 2.16. The largest absolute Gasteiger partial charge is 0.436 e. The summed E-state index contributed by atoms with van der Waals surface area (Å²) in [5, 5.41) is 2.77. The van der Waals surface area contributed by atoms with Crippen molar-refractivity contribution < 1.29 is 32.3 Å². The number of nitrogens with zero attached hydrogens (tertiary/aromatic N) is 1. The lowest BCUT2D eigenvalue weighted by Crippen LogP contribution is -2.57. The topological polar surface area (TPSA) is 165 Å². The zero-order valence-corrected chi connectivity index (χ0v) is 21.0. The van der Waals surface area contributed by atoms with Crippen molar-refractivity contribution in [3.05, 3.63) is 12.2 Å². The van der Waals surface area contributed by atoms with Gasteiger partial charge in [0.15, 0.2) is 6.10 Å². The fraction of sp³-hybridized carbons (Fsp3) is 0.739. The number of hydrogen-bond donors (Lipinski definition) is 3. The normalized spacial score (nSPS) is 30.7. The monoisotopic (exact) mass is 512 g/mol. The van der Waals surface area contributed by atoms with Crippen LogP contribution in [0.15, 0.2) is 12.2 Å². The Morgan fingerprint density at radius 1 is 1.23 bits per heavy atom. The summed E-state index contributed by atoms with van der Waals surface area (Å²) in [7, 11) is -3.83. The van der Waals surface area contributed by atoms with Gasteiger partial charge in [-0.15, -0.1) is 0 Å². The van der Waals surface area contributed by atoms with Crippen molar-refractivity contribution >= 4 is 33.8 Å². The van der Waals surface area contributed by atoms with Gasteiger partial charge in [0.05, 0.1) is 5.75 Å². The maximum atomic E-state index is 13.3. The number of sulfonamides is 1. The molecule has 0 aromatic carbocycles. The molecule has 3 rings (SSSR count). The number of hydrogen-bond acceptors (Lipinski definition) is 7. The molecule has 0 spiro atoms. The first kappa shape index (κ1) is 27.0. The standard InChI is InChI=1S/C23H36N4O7S/c1-2-3-14-35(32,33)26-21(30)23-15-16(23)10-7-5-4-6-8-12-18(34-22(24)31)20(29)27-13-9-11-17(27)19(28)25-23/h7,10,16-18H,2-6,8-9,11-15H2,1H3,(H2,24,31)(H,25,28)(H,26,30)/b10-7-. The molecule has 1 saturated heterocycles. The lowest BCUT2D eigenvalue weighted by molar-refractivity contribution is -0.146. The average Bonchev–Trinajstić information content (AvgIpc) is 3.25. The molecule has 35 heavy (non-hydrogen) atoms. The summed E-state index contributed by atoms with van der Waals surface area (Å²) in [5.41, 5.74) is 3.79. The Labute approximate surface area is 206 Å². The van der Waals surface area contributed by atoms with Gasteiger partial charge in [0.25, 0.3) is 11.8 Å². The molecule has 4 unspecified atom stereocenters. The molecular formula is C23H36N4O7S. The van der Waals surface area contributed by atoms with Gasteiger partial charge in [-0.05, 0) is 51.4 Å². The van der Waals surface area contributed by atoms with E-state index in [1.54, 1.807) is 0 Å². The van der Waals surface area contributed by atoms with Crippen LogP contribution in [0.2, 0.25) is 0 Å². The van der Waals surface area contributed by atoms with Crippen molar-refractivity contribution in [2.45, 2.75) is 88.8 Å². The average molecular weight is 513 g/mol. The molecule has 1 saturated carbocycles. The van der Waals surface area contributed by atoms with E-state index in [0.29, 0.717) is 45.1 Å². The molecule has 3 aliphatic rings. The van der Waals surface area contributed by atoms with E-state index in [1.165, 1.54) is 4.90 Å². The smallest absolute Gasteiger partial charge is 0.405 e. The van der Waals surface area contributed by atoms with Crippen LogP contribution in [0.1, 0.15) is 71.1 Å². The van der Waals surface area contributed by atoms with Crippen LogP contribution in [0.5, 0.6) is 0 Å². The minimum atomic E-state index is -3.83. The molecule has 1 aliphatic carbocycles. The minimum absolute atomic E-state index is 0.175. The Morgan fingerprint density at radius 3 is 2.71 bits per heavy atom. The molecule has 2 heterocycles. The van der Waals surface area contributed by atoms with Gasteiger partial charge in [-0.2, -0.15) is 0 Å². The van der Waals surface area contributed by atoms with Crippen LogP contribution < -0.4 is 15.8 Å². The van der Waals surface area contributed by atoms with Crippen LogP contribution >= 0.6 is 0 Å². The van der Waals surface area contributed by atoms with Crippen LogP contribution in [0, 0.1) is 5.92 Å². The van der Waals surface area contributed by atoms with Crippen LogP contribution in [0.25, 0.3) is 0 Å². The molecule has 2 fully saturated rings. The van der Waals surface area contributed by atoms with E-state index in [4.69, 9.17) is 10.5 Å². The van der Waals surface area contributed by atoms with Crippen LogP contribution in [-0.2, 0) is 29.1 Å². The number of amides is 4. The van der Waals surface area contributed by atoms with Gasteiger partial charge in [-0.25, -0.2) is 13.2 Å². The fourth-order valence-electron chi connectivity index (χ4n) is 4.79. The van der Waals surface area contributed by atoms with Gasteiger partial charge in [0.2, 0.25) is 15.9 Å². The first-order chi connectivity index (χ1) is 16.6. The third-order valence-corrected chi connectivity index (χ3v) is 8.18. The van der Waals surface area contributed by atoms with E-state index in [0.717, 1.165) is 19.3 Å². The number of fused-ring (bicyclic) bond motifs is 2. The van der Waals surface area contributed by atoms with E-state index in [-0.39, 0.29) is 18.1 Å². The number of unbranched alkanes of at least 4 members (excludes halogenated alkanes) is 1. The predicted octanol–water partition coefficient (Wildman–Crippen LogP) is 1.08. The first-order valence-corrected chi connectivity index (χ1v) is 14.0. The summed E-state index contributed by atoms with van der Waals surface area (Å²) in [5.74, 6) is -2.28. The Kier molecular flexibility index (Phi) is 8.79. The molecule has 11 nitrogen and oxygen atoms in total. The number of allylic oxidation sites excluding steroid dienone is 1. The fourth-order valence-corrected chi connectivity index (χ4v) is 6.03. The maximum absolute atomic E-state index is 13.3. The molecule has 4 amide bonds. The zero-order chi connectivity index (χ0) is 25.6. The molecule has 4 atom stereocenters. The quantitative estimate of drug-likeness (QED) is 0.448. The Morgan fingerprint density at radius 2 is 2.00 bits per heavy atom. The Balaban J connectivity index is 1.84. The second-order valence-electron chi connectivity index (χ2n) is 9.56. The maximum Gasteiger partial charge on any atom is 0.405 e. The molecular weight excluding hydrogens is 476 g/mol. The highest BCUT2D eigenvalue weighted by Crippen LogP contribution is 2.45. The number of nitrogens with two attached hydrogens (primary N) is 1. The van der Waals surface area contributed by atoms with E-state index in [2.05, 4.69) is 10.0 Å². The third kappa shape index (κ3) is 6.74. The first-order valence-electron chi connectivity index (χ1n) is 12.4. The highest BCUT2D eigenvalue weighted by molar-refractivity contribution is 7.90. The predicted molar refractivity (Wildman–Crippen MR) is 127 cm³/mol. The van der Waals surface area contributed by atoms with E-state index in [1.807, 2.05) is 19.1 Å². The van der Waals surface area contributed by atoms with Gasteiger partial charge >= 0.3 is 6.09 Å². The third-order valence-electron chi connectivity index (χ3n) is 6.86. The van der Waals surface area contributed by atoms with Crippen molar-refractivity contribution in [3.63, 3.8) is 0 Å². The molecule has 0 bridgehead atoms. The molecule has 12 heteroatoms. The SMILES string of the molecule is CCCCS(=O)(=O)NC(=O)C12CC1/C=C\CCCCCC(OC(N)=O)C(=O)N1CCCC1C(=O)N2. The van der Waals surface area contributed by atoms with Gasteiger partial charge < -0.3 is 20.7 Å². The second-order valence-corrected chi connectivity index (χ2v) is 11.4. The summed E-state index contributed by atoms with van der Waals surface area (Å²) >= 11 is 0. The van der Waals surface area contributed by atoms with Gasteiger partial charge in [0.1, 0.15) is 11.6 Å². The number of nitrogens with one attached hydrogen (secondary N) is 2. The van der Waals surface area contributed by atoms with Crippen molar-refractivity contribution in [2.75, 3.05) is 12.3 Å². The van der Waals surface area contributed by atoms with Crippen LogP contribution in [-0.4, -0.2) is 67.1 Å². The highest BCUT2D eigenvalue weighted by Gasteiger charge is 2.61. The number of primary amides is 1. The summed E-state index contributed by atoms with van der Waals surface area (Å²) in [4.78, 5) is 52.4. The van der Waals surface area contributed by atoms with Crippen molar-refractivity contribution in [2.24, 2.45) is 11.7 Å². The molecule has 2 aliphatic heterocycles. The summed E-state index contributed by atoms with van der Waals surface area (Å²) < 4.78 is 31.9. The van der Waals surface area contributed by atoms with Gasteiger partial charge in [0, 0.05) is 12.5 Å². The summed E-state index contributed by atoms with van der Waals surface area (Å²) in [6, 6.07) is -0.849. The lowest BCUT2D eigenvalue weighted by Gasteiger charge is -2.29. The lowest BCUT2D eigenvalue weighted by atomic mass is 10.1. The Hall–Kier alpha value is -2.63. The molecule has 0 aromatic rings. The van der Waals surface area contributed by atoms with E-state index in [9.17, 15) is 27.6 Å². The van der Waals surface area contributed by atoms with Crippen molar-refractivity contribution in [1.82, 2.24) is 14.9 Å². The molecule has 196 valence electrons. The van der Waals surface area contributed by atoms with Gasteiger partial charge in [-0.3, -0.25) is 19.1 Å². The minimum Gasteiger partial charge on any atom is -0.436 e. The molecule has 0 radical (unpaired) electrons. The van der Waals surface area contributed by atoms with Crippen LogP contribution in [0.4, 0.5) is 4.79 Å². The highest BCUT2D eigenvalue weighted by atomic mass is 32.2. The second kappa shape index (κ2) is 11.4. The summed E-state index contributed by atoms with van der Waals surface area (Å²) in [6.07, 6.45) is 7.26. The van der Waals surface area contributed by atoms with E-state index < -0.39 is 51.5 Å². The van der Waals surface area contributed by atoms with Crippen LogP contribution in [0.3, 0.4) is 0 Å². The van der Waals surface area contributed by atoms with E-state index >= 15 is 0 Å². The van der Waals surface area contributed by atoms with Crippen molar-refractivity contribution in [1.29, 1.82) is 0 Å². The number of ether oxygens (including phenoxy) is 1. The zero-order valence-electron chi connectivity index (χ0n) is 20.2.